The van der Waals surface area contributed by atoms with Gasteiger partial charge in [-0.3, -0.25) is 4.79 Å². The van der Waals surface area contributed by atoms with Crippen molar-refractivity contribution in [1.82, 2.24) is 14.8 Å². The molecule has 3 rings (SSSR count). The van der Waals surface area contributed by atoms with Crippen LogP contribution in [0, 0.1) is 0 Å². The van der Waals surface area contributed by atoms with Crippen LogP contribution in [0.4, 0.5) is 0 Å². The molecule has 5 heteroatoms. The largest absolute Gasteiger partial charge is 0.497 e. The number of benzene rings is 2. The molecule has 0 radical (unpaired) electrons. The van der Waals surface area contributed by atoms with Gasteiger partial charge >= 0.3 is 0 Å². The summed E-state index contributed by atoms with van der Waals surface area (Å²) in [6, 6.07) is 17.3. The number of rotatable bonds is 9. The van der Waals surface area contributed by atoms with Gasteiger partial charge in [0.05, 0.1) is 7.11 Å². The highest BCUT2D eigenvalue weighted by Gasteiger charge is 2.22. The normalized spacial score (nSPS) is 11.9. The molecule has 0 amide bonds. The molecular weight excluding hydrogens is 326 g/mol. The minimum atomic E-state index is -0.347. The average Bonchev–Trinajstić information content (AvgIpc) is 3.23. The lowest BCUT2D eigenvalue weighted by Crippen LogP contribution is -2.20. The second-order valence-corrected chi connectivity index (χ2v) is 6.22. The highest BCUT2D eigenvalue weighted by atomic mass is 16.5. The zero-order chi connectivity index (χ0) is 18.2. The number of Topliss-reactive ketones (excluding diaryl/α,β-unsaturated/α-hetero) is 1. The van der Waals surface area contributed by atoms with Gasteiger partial charge in [-0.2, -0.15) is 5.10 Å². The van der Waals surface area contributed by atoms with Gasteiger partial charge in [-0.05, 0) is 37.0 Å². The molecule has 0 saturated carbocycles. The summed E-state index contributed by atoms with van der Waals surface area (Å²) in [6.45, 7) is 0. The summed E-state index contributed by atoms with van der Waals surface area (Å²) in [5.41, 5.74) is 1.96. The van der Waals surface area contributed by atoms with E-state index in [9.17, 15) is 4.79 Å². The molecule has 0 N–H and O–H groups in total. The summed E-state index contributed by atoms with van der Waals surface area (Å²) in [7, 11) is 1.60. The van der Waals surface area contributed by atoms with Gasteiger partial charge in [0.2, 0.25) is 0 Å². The predicted octanol–water partition coefficient (Wildman–Crippen LogP) is 4.12. The third kappa shape index (κ3) is 4.57. The topological polar surface area (TPSA) is 57.0 Å². The molecule has 1 unspecified atom stereocenters. The predicted molar refractivity (Wildman–Crippen MR) is 100 cm³/mol. The minimum absolute atomic E-state index is 0.0362. The van der Waals surface area contributed by atoms with E-state index < -0.39 is 0 Å². The number of unbranched alkanes of at least 4 members (excludes halogenated alkanes) is 1. The SMILES string of the molecule is COc1cccc(C(=O)C(CCCCc2ccccc2)n2cncn2)c1. The summed E-state index contributed by atoms with van der Waals surface area (Å²) < 4.78 is 6.89. The van der Waals surface area contributed by atoms with Crippen molar-refractivity contribution in [2.75, 3.05) is 7.11 Å². The Morgan fingerprint density at radius 3 is 2.69 bits per heavy atom. The third-order valence-electron chi connectivity index (χ3n) is 4.45. The van der Waals surface area contributed by atoms with Crippen molar-refractivity contribution in [2.45, 2.75) is 31.7 Å². The molecule has 1 atom stereocenters. The lowest BCUT2D eigenvalue weighted by Gasteiger charge is -2.16. The number of carbonyl (C=O) groups excluding carboxylic acids is 1. The summed E-state index contributed by atoms with van der Waals surface area (Å²) in [4.78, 5) is 17.0. The smallest absolute Gasteiger partial charge is 0.187 e. The van der Waals surface area contributed by atoms with Crippen molar-refractivity contribution in [2.24, 2.45) is 0 Å². The number of aryl methyl sites for hydroxylation is 1. The van der Waals surface area contributed by atoms with Gasteiger partial charge in [-0.1, -0.05) is 48.9 Å². The van der Waals surface area contributed by atoms with Crippen LogP contribution in [-0.2, 0) is 6.42 Å². The standard InChI is InChI=1S/C21H23N3O2/c1-26-19-12-7-11-18(14-19)21(25)20(24-16-22-15-23-24)13-6-5-10-17-8-3-2-4-9-17/h2-4,7-9,11-12,14-16,20H,5-6,10,13H2,1H3. The van der Waals surface area contributed by atoms with Crippen LogP contribution in [0.15, 0.2) is 67.3 Å². The molecule has 26 heavy (non-hydrogen) atoms. The zero-order valence-corrected chi connectivity index (χ0v) is 14.9. The monoisotopic (exact) mass is 349 g/mol. The highest BCUT2D eigenvalue weighted by molar-refractivity contribution is 5.99. The van der Waals surface area contributed by atoms with Crippen LogP contribution in [-0.4, -0.2) is 27.7 Å². The van der Waals surface area contributed by atoms with Gasteiger partial charge in [0, 0.05) is 5.56 Å². The summed E-state index contributed by atoms with van der Waals surface area (Å²) in [5, 5.41) is 4.20. The van der Waals surface area contributed by atoms with Gasteiger partial charge < -0.3 is 4.74 Å². The van der Waals surface area contributed by atoms with E-state index in [-0.39, 0.29) is 11.8 Å². The van der Waals surface area contributed by atoms with Crippen molar-refractivity contribution in [3.63, 3.8) is 0 Å². The molecule has 134 valence electrons. The van der Waals surface area contributed by atoms with E-state index in [2.05, 4.69) is 34.3 Å². The van der Waals surface area contributed by atoms with E-state index in [4.69, 9.17) is 4.74 Å². The van der Waals surface area contributed by atoms with E-state index in [0.717, 1.165) is 25.7 Å². The Kier molecular flexibility index (Phi) is 6.14. The van der Waals surface area contributed by atoms with Crippen LogP contribution < -0.4 is 4.74 Å². The fourth-order valence-electron chi connectivity index (χ4n) is 3.04. The molecule has 0 bridgehead atoms. The molecule has 3 aromatic rings. The lowest BCUT2D eigenvalue weighted by molar-refractivity contribution is 0.0908. The quantitative estimate of drug-likeness (QED) is 0.431. The number of carbonyl (C=O) groups is 1. The number of nitrogens with zero attached hydrogens (tertiary/aromatic N) is 3. The van der Waals surface area contributed by atoms with Crippen molar-refractivity contribution in [3.8, 4) is 5.75 Å². The van der Waals surface area contributed by atoms with Crippen molar-refractivity contribution >= 4 is 5.78 Å². The van der Waals surface area contributed by atoms with Crippen molar-refractivity contribution in [3.05, 3.63) is 78.4 Å². The van der Waals surface area contributed by atoms with Crippen LogP contribution in [0.5, 0.6) is 5.75 Å². The Balaban J connectivity index is 1.66. The van der Waals surface area contributed by atoms with E-state index in [0.29, 0.717) is 11.3 Å². The Morgan fingerprint density at radius 2 is 1.96 bits per heavy atom. The number of aromatic nitrogens is 3. The van der Waals surface area contributed by atoms with Crippen LogP contribution in [0.3, 0.4) is 0 Å². The van der Waals surface area contributed by atoms with Gasteiger partial charge in [0.25, 0.3) is 0 Å². The van der Waals surface area contributed by atoms with Crippen LogP contribution in [0.25, 0.3) is 0 Å². The third-order valence-corrected chi connectivity index (χ3v) is 4.45. The van der Waals surface area contributed by atoms with E-state index in [1.807, 2.05) is 24.3 Å². The molecule has 0 saturated heterocycles. The summed E-state index contributed by atoms with van der Waals surface area (Å²) in [6.07, 6.45) is 6.79. The summed E-state index contributed by atoms with van der Waals surface area (Å²) in [5.74, 6) is 0.714. The van der Waals surface area contributed by atoms with Crippen LogP contribution in [0.2, 0.25) is 0 Å². The Bertz CT molecular complexity index is 816. The maximum atomic E-state index is 13.0. The first kappa shape index (κ1) is 17.9. The first-order valence-corrected chi connectivity index (χ1v) is 8.84. The number of methoxy groups -OCH3 is 1. The molecule has 1 heterocycles. The molecule has 0 fully saturated rings. The molecule has 2 aromatic carbocycles. The molecular formula is C21H23N3O2. The first-order chi connectivity index (χ1) is 12.8. The lowest BCUT2D eigenvalue weighted by atomic mass is 9.98. The molecule has 0 aliphatic heterocycles. The Morgan fingerprint density at radius 1 is 1.12 bits per heavy atom. The second kappa shape index (κ2) is 8.94. The van der Waals surface area contributed by atoms with Crippen molar-refractivity contribution < 1.29 is 9.53 Å². The van der Waals surface area contributed by atoms with Crippen molar-refractivity contribution in [1.29, 1.82) is 0 Å². The Labute approximate surface area is 153 Å². The molecule has 5 nitrogen and oxygen atoms in total. The van der Waals surface area contributed by atoms with Crippen LogP contribution in [0.1, 0.15) is 41.2 Å². The number of ether oxygens (including phenoxy) is 1. The summed E-state index contributed by atoms with van der Waals surface area (Å²) >= 11 is 0. The average molecular weight is 349 g/mol. The van der Waals surface area contributed by atoms with Gasteiger partial charge in [-0.25, -0.2) is 9.67 Å². The minimum Gasteiger partial charge on any atom is -0.497 e. The molecule has 0 aliphatic rings. The van der Waals surface area contributed by atoms with Crippen LogP contribution >= 0.6 is 0 Å². The maximum absolute atomic E-state index is 13.0. The zero-order valence-electron chi connectivity index (χ0n) is 14.9. The fraction of sp³-hybridized carbons (Fsp3) is 0.286. The number of hydrogen-bond acceptors (Lipinski definition) is 4. The number of ketones is 1. The fourth-order valence-corrected chi connectivity index (χ4v) is 3.04. The first-order valence-electron chi connectivity index (χ1n) is 8.84. The van der Waals surface area contributed by atoms with E-state index in [1.54, 1.807) is 24.2 Å². The second-order valence-electron chi connectivity index (χ2n) is 6.22. The van der Waals surface area contributed by atoms with E-state index >= 15 is 0 Å². The molecule has 0 aliphatic carbocycles. The van der Waals surface area contributed by atoms with Gasteiger partial charge in [0.1, 0.15) is 24.4 Å². The van der Waals surface area contributed by atoms with Gasteiger partial charge in [0.15, 0.2) is 5.78 Å². The van der Waals surface area contributed by atoms with Gasteiger partial charge in [-0.15, -0.1) is 0 Å². The number of hydrogen-bond donors (Lipinski definition) is 0. The maximum Gasteiger partial charge on any atom is 0.187 e. The van der Waals surface area contributed by atoms with E-state index in [1.165, 1.54) is 11.9 Å². The Hall–Kier alpha value is -2.95. The highest BCUT2D eigenvalue weighted by Crippen LogP contribution is 2.23. The molecule has 0 spiro atoms. The molecule has 1 aromatic heterocycles.